The first-order chi connectivity index (χ1) is 11.7. The van der Waals surface area contributed by atoms with E-state index in [-0.39, 0.29) is 15.5 Å². The van der Waals surface area contributed by atoms with E-state index in [0.717, 1.165) is 4.31 Å². The number of anilines is 1. The van der Waals surface area contributed by atoms with Crippen LogP contribution in [0.1, 0.15) is 16.1 Å². The zero-order valence-corrected chi connectivity index (χ0v) is 15.9. The summed E-state index contributed by atoms with van der Waals surface area (Å²) in [7, 11) is 1.94. The average molecular weight is 387 g/mol. The molecule has 2 aromatic rings. The predicted octanol–water partition coefficient (Wildman–Crippen LogP) is 2.61. The molecule has 0 saturated heterocycles. The summed E-state index contributed by atoms with van der Waals surface area (Å²) in [6.45, 7) is 0.368. The molecule has 0 spiro atoms. The monoisotopic (exact) mass is 386 g/mol. The van der Waals surface area contributed by atoms with Gasteiger partial charge in [-0.1, -0.05) is 11.6 Å². The van der Waals surface area contributed by atoms with Crippen LogP contribution in [0, 0.1) is 0 Å². The van der Waals surface area contributed by atoms with Gasteiger partial charge >= 0.3 is 5.97 Å². The molecular weight excluding hydrogens is 368 g/mol. The Kier molecular flexibility index (Phi) is 5.76. The average Bonchev–Trinajstić information content (AvgIpc) is 3.06. The minimum atomic E-state index is -3.81. The Balaban J connectivity index is 2.56. The molecule has 1 aromatic heterocycles. The van der Waals surface area contributed by atoms with Gasteiger partial charge in [0.2, 0.25) is 10.0 Å². The van der Waals surface area contributed by atoms with E-state index >= 15 is 0 Å². The van der Waals surface area contributed by atoms with Crippen molar-refractivity contribution in [3.63, 3.8) is 0 Å². The van der Waals surface area contributed by atoms with Crippen molar-refractivity contribution in [1.82, 2.24) is 4.31 Å². The van der Waals surface area contributed by atoms with Gasteiger partial charge < -0.3 is 14.1 Å². The number of nitrogens with zero attached hydrogens (tertiary/aromatic N) is 2. The number of halogens is 1. The van der Waals surface area contributed by atoms with Crippen LogP contribution in [0.15, 0.2) is 39.8 Å². The maximum Gasteiger partial charge on any atom is 0.340 e. The van der Waals surface area contributed by atoms with Crippen LogP contribution in [-0.2, 0) is 21.3 Å². The molecule has 0 N–H and O–H groups in total. The van der Waals surface area contributed by atoms with Crippen molar-refractivity contribution < 1.29 is 22.4 Å². The highest BCUT2D eigenvalue weighted by Gasteiger charge is 2.26. The number of furan rings is 1. The third kappa shape index (κ3) is 3.97. The highest BCUT2D eigenvalue weighted by Crippen LogP contribution is 2.33. The van der Waals surface area contributed by atoms with Gasteiger partial charge in [0.05, 0.1) is 36.2 Å². The summed E-state index contributed by atoms with van der Waals surface area (Å²) in [5.41, 5.74) is 0.535. The van der Waals surface area contributed by atoms with Crippen molar-refractivity contribution in [3.8, 4) is 0 Å². The molecule has 9 heteroatoms. The quantitative estimate of drug-likeness (QED) is 0.710. The summed E-state index contributed by atoms with van der Waals surface area (Å²) in [6.07, 6.45) is 1.55. The van der Waals surface area contributed by atoms with Crippen molar-refractivity contribution >= 4 is 33.3 Å². The zero-order chi connectivity index (χ0) is 18.8. The molecule has 7 nitrogen and oxygen atoms in total. The molecule has 136 valence electrons. The standard InChI is InChI=1S/C16H19ClN2O5S/c1-18(2)25(21,22)15-8-12(16(20)23-4)14(9-13(15)17)19(3)10-11-6-5-7-24-11/h5-9H,10H2,1-4H3. The molecule has 0 aliphatic carbocycles. The van der Waals surface area contributed by atoms with E-state index in [4.69, 9.17) is 20.8 Å². The largest absolute Gasteiger partial charge is 0.467 e. The molecule has 0 saturated carbocycles. The van der Waals surface area contributed by atoms with Gasteiger partial charge in [-0.05, 0) is 24.3 Å². The van der Waals surface area contributed by atoms with E-state index in [1.807, 2.05) is 0 Å². The molecule has 0 bridgehead atoms. The summed E-state index contributed by atoms with van der Waals surface area (Å²) in [5, 5.41) is 0.0163. The number of carbonyl (C=O) groups is 1. The second-order valence-electron chi connectivity index (χ2n) is 5.51. The van der Waals surface area contributed by atoms with E-state index in [2.05, 4.69) is 0 Å². The number of hydrogen-bond acceptors (Lipinski definition) is 6. The Hall–Kier alpha value is -2.03. The first-order valence-corrected chi connectivity index (χ1v) is 9.08. The first kappa shape index (κ1) is 19.3. The van der Waals surface area contributed by atoms with Gasteiger partial charge in [-0.15, -0.1) is 0 Å². The lowest BCUT2D eigenvalue weighted by molar-refractivity contribution is 0.0601. The number of rotatable bonds is 6. The highest BCUT2D eigenvalue weighted by molar-refractivity contribution is 7.89. The molecule has 0 amide bonds. The van der Waals surface area contributed by atoms with Crippen LogP contribution < -0.4 is 4.90 Å². The van der Waals surface area contributed by atoms with Gasteiger partial charge in [-0.3, -0.25) is 0 Å². The molecule has 0 radical (unpaired) electrons. The zero-order valence-electron chi connectivity index (χ0n) is 14.3. The molecular formula is C16H19ClN2O5S. The number of ether oxygens (including phenoxy) is 1. The number of hydrogen-bond donors (Lipinski definition) is 0. The number of methoxy groups -OCH3 is 1. The Morgan fingerprint density at radius 2 is 1.96 bits per heavy atom. The minimum absolute atomic E-state index is 0.0163. The fourth-order valence-electron chi connectivity index (χ4n) is 2.25. The van der Waals surface area contributed by atoms with Crippen LogP contribution in [-0.4, -0.2) is 46.9 Å². The second kappa shape index (κ2) is 7.47. The molecule has 2 rings (SSSR count). The van der Waals surface area contributed by atoms with Gasteiger partial charge in [0, 0.05) is 21.1 Å². The number of benzene rings is 1. The van der Waals surface area contributed by atoms with Crippen LogP contribution >= 0.6 is 11.6 Å². The van der Waals surface area contributed by atoms with Crippen molar-refractivity contribution in [2.24, 2.45) is 0 Å². The SMILES string of the molecule is COC(=O)c1cc(S(=O)(=O)N(C)C)c(Cl)cc1N(C)Cc1ccco1. The third-order valence-corrected chi connectivity index (χ3v) is 5.88. The fourth-order valence-corrected chi connectivity index (χ4v) is 3.66. The molecule has 0 atom stereocenters. The lowest BCUT2D eigenvalue weighted by atomic mass is 10.1. The van der Waals surface area contributed by atoms with Crippen LogP contribution in [0.5, 0.6) is 0 Å². The van der Waals surface area contributed by atoms with E-state index in [1.54, 1.807) is 30.3 Å². The van der Waals surface area contributed by atoms with E-state index < -0.39 is 16.0 Å². The van der Waals surface area contributed by atoms with E-state index in [1.165, 1.54) is 33.3 Å². The van der Waals surface area contributed by atoms with Crippen molar-refractivity contribution in [1.29, 1.82) is 0 Å². The van der Waals surface area contributed by atoms with Crippen molar-refractivity contribution in [3.05, 3.63) is 46.9 Å². The normalized spacial score (nSPS) is 11.6. The van der Waals surface area contributed by atoms with Crippen LogP contribution in [0.25, 0.3) is 0 Å². The van der Waals surface area contributed by atoms with Crippen molar-refractivity contribution in [2.75, 3.05) is 33.2 Å². The van der Waals surface area contributed by atoms with Crippen LogP contribution in [0.4, 0.5) is 5.69 Å². The maximum atomic E-state index is 12.4. The molecule has 0 aliphatic heterocycles. The lowest BCUT2D eigenvalue weighted by Crippen LogP contribution is -2.24. The maximum absolute atomic E-state index is 12.4. The van der Waals surface area contributed by atoms with E-state index in [0.29, 0.717) is 18.0 Å². The summed E-state index contributed by atoms with van der Waals surface area (Å²) >= 11 is 6.20. The van der Waals surface area contributed by atoms with Crippen LogP contribution in [0.2, 0.25) is 5.02 Å². The molecule has 0 fully saturated rings. The molecule has 25 heavy (non-hydrogen) atoms. The van der Waals surface area contributed by atoms with Gasteiger partial charge in [-0.2, -0.15) is 0 Å². The summed E-state index contributed by atoms with van der Waals surface area (Å²) in [4.78, 5) is 13.7. The third-order valence-electron chi connectivity index (χ3n) is 3.60. The van der Waals surface area contributed by atoms with E-state index in [9.17, 15) is 13.2 Å². The summed E-state index contributed by atoms with van der Waals surface area (Å²) in [5.74, 6) is 0.0209. The molecule has 1 aromatic carbocycles. The highest BCUT2D eigenvalue weighted by atomic mass is 35.5. The summed E-state index contributed by atoms with van der Waals surface area (Å²) in [6, 6.07) is 6.22. The smallest absolute Gasteiger partial charge is 0.340 e. The minimum Gasteiger partial charge on any atom is -0.467 e. The Morgan fingerprint density at radius 3 is 2.48 bits per heavy atom. The first-order valence-electron chi connectivity index (χ1n) is 7.26. The predicted molar refractivity (Wildman–Crippen MR) is 94.5 cm³/mol. The number of sulfonamides is 1. The van der Waals surface area contributed by atoms with Crippen molar-refractivity contribution in [2.45, 2.75) is 11.4 Å². The van der Waals surface area contributed by atoms with Gasteiger partial charge in [0.1, 0.15) is 10.7 Å². The van der Waals surface area contributed by atoms with Gasteiger partial charge in [0.15, 0.2) is 0 Å². The van der Waals surface area contributed by atoms with Gasteiger partial charge in [-0.25, -0.2) is 17.5 Å². The second-order valence-corrected chi connectivity index (χ2v) is 8.04. The topological polar surface area (TPSA) is 80.1 Å². The Labute approximate surface area is 151 Å². The lowest BCUT2D eigenvalue weighted by Gasteiger charge is -2.22. The molecule has 1 heterocycles. The van der Waals surface area contributed by atoms with Gasteiger partial charge in [0.25, 0.3) is 0 Å². The number of carbonyl (C=O) groups excluding carboxylic acids is 1. The Morgan fingerprint density at radius 1 is 1.28 bits per heavy atom. The number of esters is 1. The molecule has 0 unspecified atom stereocenters. The van der Waals surface area contributed by atoms with Crippen LogP contribution in [0.3, 0.4) is 0 Å². The molecule has 0 aliphatic rings. The fraction of sp³-hybridized carbons (Fsp3) is 0.312. The Bertz CT molecular complexity index is 863. The summed E-state index contributed by atoms with van der Waals surface area (Å²) < 4.78 is 35.9.